The lowest BCUT2D eigenvalue weighted by atomic mass is 10.4. The van der Waals surface area contributed by atoms with E-state index in [1.54, 1.807) is 11.6 Å². The Kier molecular flexibility index (Phi) is 5.20. The second-order valence-electron chi connectivity index (χ2n) is 4.64. The molecule has 0 spiro atoms. The van der Waals surface area contributed by atoms with Crippen molar-refractivity contribution in [1.29, 1.82) is 0 Å². The van der Waals surface area contributed by atoms with Gasteiger partial charge in [0.1, 0.15) is 0 Å². The molecule has 118 valence electrons. The molecule has 0 aliphatic heterocycles. The van der Waals surface area contributed by atoms with Crippen LogP contribution in [0.5, 0.6) is 0 Å². The quantitative estimate of drug-likeness (QED) is 0.704. The Hall–Kier alpha value is -1.16. The van der Waals surface area contributed by atoms with E-state index >= 15 is 0 Å². The van der Waals surface area contributed by atoms with E-state index in [-0.39, 0.29) is 10.8 Å². The van der Waals surface area contributed by atoms with Crippen LogP contribution in [-0.2, 0) is 10.0 Å². The first-order valence-corrected chi connectivity index (χ1v) is 9.29. The van der Waals surface area contributed by atoms with Crippen molar-refractivity contribution in [2.75, 3.05) is 31.9 Å². The van der Waals surface area contributed by atoms with Gasteiger partial charge in [0.15, 0.2) is 15.8 Å². The van der Waals surface area contributed by atoms with Gasteiger partial charge in [-0.1, -0.05) is 13.8 Å². The van der Waals surface area contributed by atoms with Crippen molar-refractivity contribution in [2.45, 2.75) is 25.3 Å². The molecule has 21 heavy (non-hydrogen) atoms. The Balaban J connectivity index is 2.02. The van der Waals surface area contributed by atoms with E-state index in [0.717, 1.165) is 26.1 Å². The number of hydrogen-bond donors (Lipinski definition) is 2. The highest BCUT2D eigenvalue weighted by molar-refractivity contribution is 7.89. The van der Waals surface area contributed by atoms with Crippen molar-refractivity contribution in [3.63, 3.8) is 0 Å². The molecule has 9 heteroatoms. The van der Waals surface area contributed by atoms with Gasteiger partial charge in [-0.3, -0.25) is 4.40 Å². The molecule has 2 aromatic heterocycles. The van der Waals surface area contributed by atoms with Gasteiger partial charge in [0.25, 0.3) is 10.0 Å². The van der Waals surface area contributed by atoms with Crippen LogP contribution < -0.4 is 10.5 Å². The van der Waals surface area contributed by atoms with Gasteiger partial charge in [-0.05, 0) is 26.1 Å². The number of hydrogen-bond acceptors (Lipinski definition) is 6. The fourth-order valence-electron chi connectivity index (χ4n) is 2.17. The molecular formula is C12H21N5O2S2. The third-order valence-electron chi connectivity index (χ3n) is 3.34. The zero-order valence-corrected chi connectivity index (χ0v) is 13.9. The van der Waals surface area contributed by atoms with Crippen LogP contribution in [0.3, 0.4) is 0 Å². The Morgan fingerprint density at radius 3 is 2.81 bits per heavy atom. The summed E-state index contributed by atoms with van der Waals surface area (Å²) < 4.78 is 28.8. The Morgan fingerprint density at radius 1 is 1.43 bits per heavy atom. The Morgan fingerprint density at radius 2 is 2.14 bits per heavy atom. The highest BCUT2D eigenvalue weighted by atomic mass is 32.2. The van der Waals surface area contributed by atoms with Crippen LogP contribution in [0.25, 0.3) is 4.96 Å². The van der Waals surface area contributed by atoms with Crippen molar-refractivity contribution >= 4 is 32.1 Å². The molecule has 0 radical (unpaired) electrons. The lowest BCUT2D eigenvalue weighted by molar-refractivity contribution is 0.300. The van der Waals surface area contributed by atoms with E-state index in [4.69, 9.17) is 5.73 Å². The summed E-state index contributed by atoms with van der Waals surface area (Å²) in [7, 11) is -3.64. The molecule has 0 bridgehead atoms. The summed E-state index contributed by atoms with van der Waals surface area (Å²) in [5.41, 5.74) is 5.73. The van der Waals surface area contributed by atoms with Gasteiger partial charge in [0.05, 0.1) is 0 Å². The maximum Gasteiger partial charge on any atom is 0.260 e. The van der Waals surface area contributed by atoms with Crippen LogP contribution in [0.2, 0.25) is 0 Å². The number of sulfonamides is 1. The van der Waals surface area contributed by atoms with Crippen molar-refractivity contribution in [2.24, 2.45) is 0 Å². The number of nitrogens with one attached hydrogen (secondary N) is 1. The van der Waals surface area contributed by atoms with Crippen LogP contribution in [0.1, 0.15) is 20.3 Å². The van der Waals surface area contributed by atoms with E-state index in [2.05, 4.69) is 28.5 Å². The summed E-state index contributed by atoms with van der Waals surface area (Å²) in [6.45, 7) is 7.37. The zero-order valence-electron chi connectivity index (χ0n) is 12.2. The summed E-state index contributed by atoms with van der Waals surface area (Å²) >= 11 is 1.35. The third kappa shape index (κ3) is 3.54. The normalized spacial score (nSPS) is 12.5. The first kappa shape index (κ1) is 16.2. The van der Waals surface area contributed by atoms with Crippen LogP contribution >= 0.6 is 11.3 Å². The molecule has 2 aromatic rings. The summed E-state index contributed by atoms with van der Waals surface area (Å²) in [4.78, 5) is 6.88. The SMILES string of the molecule is CCN(CC)CCCNS(=O)(=O)c1c(N)nc2sccn12. The van der Waals surface area contributed by atoms with Crippen molar-refractivity contribution in [3.05, 3.63) is 11.6 Å². The van der Waals surface area contributed by atoms with Gasteiger partial charge in [-0.2, -0.15) is 0 Å². The van der Waals surface area contributed by atoms with Crippen molar-refractivity contribution in [1.82, 2.24) is 19.0 Å². The first-order chi connectivity index (χ1) is 9.99. The van der Waals surface area contributed by atoms with Crippen LogP contribution in [0.4, 0.5) is 5.82 Å². The van der Waals surface area contributed by atoms with Gasteiger partial charge in [0.2, 0.25) is 0 Å². The Bertz CT molecular complexity index is 688. The van der Waals surface area contributed by atoms with E-state index < -0.39 is 10.0 Å². The van der Waals surface area contributed by atoms with Crippen molar-refractivity contribution < 1.29 is 8.42 Å². The van der Waals surface area contributed by atoms with E-state index in [1.807, 2.05) is 0 Å². The average Bonchev–Trinajstić information content (AvgIpc) is 2.98. The molecule has 3 N–H and O–H groups in total. The molecule has 0 saturated carbocycles. The molecule has 0 aliphatic rings. The second kappa shape index (κ2) is 6.73. The van der Waals surface area contributed by atoms with Crippen LogP contribution in [0.15, 0.2) is 16.6 Å². The summed E-state index contributed by atoms with van der Waals surface area (Å²) in [5.74, 6) is 0.0399. The molecule has 0 unspecified atom stereocenters. The minimum Gasteiger partial charge on any atom is -0.381 e. The van der Waals surface area contributed by atoms with Gasteiger partial charge in [0, 0.05) is 18.1 Å². The monoisotopic (exact) mass is 331 g/mol. The molecule has 7 nitrogen and oxygen atoms in total. The fraction of sp³-hybridized carbons (Fsp3) is 0.583. The fourth-order valence-corrected chi connectivity index (χ4v) is 4.22. The maximum absolute atomic E-state index is 12.3. The highest BCUT2D eigenvalue weighted by Gasteiger charge is 2.23. The predicted molar refractivity (Wildman–Crippen MR) is 85.1 cm³/mol. The van der Waals surface area contributed by atoms with Gasteiger partial charge >= 0.3 is 0 Å². The lowest BCUT2D eigenvalue weighted by Crippen LogP contribution is -2.30. The number of rotatable bonds is 8. The average molecular weight is 331 g/mol. The Labute approximate surface area is 128 Å². The molecule has 0 fully saturated rings. The number of thiazole rings is 1. The molecule has 2 rings (SSSR count). The number of aromatic nitrogens is 2. The first-order valence-electron chi connectivity index (χ1n) is 6.92. The minimum absolute atomic E-state index is 0.0292. The molecule has 0 amide bonds. The molecule has 0 saturated heterocycles. The van der Waals surface area contributed by atoms with Gasteiger partial charge in [-0.25, -0.2) is 18.1 Å². The van der Waals surface area contributed by atoms with Gasteiger partial charge in [-0.15, -0.1) is 11.3 Å². The standard InChI is InChI=1S/C12H21N5O2S2/c1-3-16(4-2)7-5-6-14-21(18,19)11-10(13)15-12-17(11)8-9-20-12/h8-9,14H,3-7,13H2,1-2H3. The summed E-state index contributed by atoms with van der Waals surface area (Å²) in [6, 6.07) is 0. The number of nitrogens with two attached hydrogens (primary N) is 1. The highest BCUT2D eigenvalue weighted by Crippen LogP contribution is 2.22. The number of nitrogen functional groups attached to an aromatic ring is 1. The number of anilines is 1. The van der Waals surface area contributed by atoms with Crippen molar-refractivity contribution in [3.8, 4) is 0 Å². The van der Waals surface area contributed by atoms with E-state index in [9.17, 15) is 8.42 Å². The number of nitrogens with zero attached hydrogens (tertiary/aromatic N) is 3. The molecule has 0 atom stereocenters. The predicted octanol–water partition coefficient (Wildman–Crippen LogP) is 0.988. The largest absolute Gasteiger partial charge is 0.381 e. The topological polar surface area (TPSA) is 92.7 Å². The number of fused-ring (bicyclic) bond motifs is 1. The molecule has 0 aromatic carbocycles. The third-order valence-corrected chi connectivity index (χ3v) is 5.59. The molecule has 2 heterocycles. The van der Waals surface area contributed by atoms with Gasteiger partial charge < -0.3 is 10.6 Å². The zero-order chi connectivity index (χ0) is 15.5. The lowest BCUT2D eigenvalue weighted by Gasteiger charge is -2.17. The summed E-state index contributed by atoms with van der Waals surface area (Å²) in [6.07, 6.45) is 2.42. The summed E-state index contributed by atoms with van der Waals surface area (Å²) in [5, 5.41) is 1.81. The molecular weight excluding hydrogens is 310 g/mol. The van der Waals surface area contributed by atoms with E-state index in [1.165, 1.54) is 15.7 Å². The van der Waals surface area contributed by atoms with Crippen LogP contribution in [-0.4, -0.2) is 48.9 Å². The van der Waals surface area contributed by atoms with E-state index in [0.29, 0.717) is 11.5 Å². The number of imidazole rings is 1. The maximum atomic E-state index is 12.3. The minimum atomic E-state index is -3.64. The smallest absolute Gasteiger partial charge is 0.260 e. The van der Waals surface area contributed by atoms with Crippen LogP contribution in [0, 0.1) is 0 Å². The second-order valence-corrected chi connectivity index (χ2v) is 7.19. The molecule has 0 aliphatic carbocycles.